The average Bonchev–Trinajstić information content (AvgIpc) is 2.83. The molecule has 2 aromatic heterocycles. The van der Waals surface area contributed by atoms with Crippen LogP contribution in [0.4, 0.5) is 0 Å². The van der Waals surface area contributed by atoms with Crippen LogP contribution in [0.5, 0.6) is 0 Å². The third-order valence-electron chi connectivity index (χ3n) is 2.32. The molecule has 2 aromatic rings. The molecule has 0 radical (unpaired) electrons. The third-order valence-corrected chi connectivity index (χ3v) is 2.83. The van der Waals surface area contributed by atoms with Crippen LogP contribution in [0.15, 0.2) is 10.7 Å². The number of aryl methyl sites for hydroxylation is 2. The zero-order valence-corrected chi connectivity index (χ0v) is 10.2. The van der Waals surface area contributed by atoms with Crippen molar-refractivity contribution < 1.29 is 4.52 Å². The molecule has 6 heteroatoms. The van der Waals surface area contributed by atoms with E-state index in [0.717, 1.165) is 17.7 Å². The lowest BCUT2D eigenvalue weighted by Gasteiger charge is -1.95. The van der Waals surface area contributed by atoms with Crippen LogP contribution in [0.2, 0.25) is 0 Å². The van der Waals surface area contributed by atoms with E-state index in [1.165, 1.54) is 0 Å². The fraction of sp³-hybridized carbons (Fsp3) is 0.500. The van der Waals surface area contributed by atoms with Gasteiger partial charge in [-0.25, -0.2) is 0 Å². The zero-order valence-electron chi connectivity index (χ0n) is 9.44. The molecule has 5 nitrogen and oxygen atoms in total. The standard InChI is InChI=1S/C10H13ClN4O/c1-4-8(11)9-12-10(16-14-9)7-5-15(3)13-6(7)2/h5,8H,4H2,1-3H3. The van der Waals surface area contributed by atoms with Crippen LogP contribution in [0, 0.1) is 6.92 Å². The van der Waals surface area contributed by atoms with E-state index < -0.39 is 0 Å². The monoisotopic (exact) mass is 240 g/mol. The maximum absolute atomic E-state index is 6.03. The molecule has 1 atom stereocenters. The van der Waals surface area contributed by atoms with Crippen LogP contribution >= 0.6 is 11.6 Å². The molecule has 0 spiro atoms. The summed E-state index contributed by atoms with van der Waals surface area (Å²) in [7, 11) is 1.85. The normalized spacial score (nSPS) is 13.0. The van der Waals surface area contributed by atoms with Gasteiger partial charge in [-0.15, -0.1) is 11.6 Å². The molecular weight excluding hydrogens is 228 g/mol. The number of rotatable bonds is 3. The number of alkyl halides is 1. The van der Waals surface area contributed by atoms with Crippen molar-refractivity contribution in [3.8, 4) is 11.5 Å². The number of halogens is 1. The van der Waals surface area contributed by atoms with Crippen LogP contribution in [-0.2, 0) is 7.05 Å². The molecule has 0 fully saturated rings. The Bertz CT molecular complexity index is 491. The molecule has 0 aromatic carbocycles. The second-order valence-electron chi connectivity index (χ2n) is 3.64. The Hall–Kier alpha value is -1.36. The zero-order chi connectivity index (χ0) is 11.7. The van der Waals surface area contributed by atoms with Crippen molar-refractivity contribution in [3.05, 3.63) is 17.7 Å². The van der Waals surface area contributed by atoms with Gasteiger partial charge in [0.2, 0.25) is 0 Å². The quantitative estimate of drug-likeness (QED) is 0.774. The lowest BCUT2D eigenvalue weighted by atomic mass is 10.2. The Morgan fingerprint density at radius 2 is 2.31 bits per heavy atom. The molecule has 2 heterocycles. The van der Waals surface area contributed by atoms with Crippen LogP contribution in [-0.4, -0.2) is 19.9 Å². The van der Waals surface area contributed by atoms with Gasteiger partial charge in [0.1, 0.15) is 0 Å². The highest BCUT2D eigenvalue weighted by atomic mass is 35.5. The van der Waals surface area contributed by atoms with Gasteiger partial charge in [0, 0.05) is 13.2 Å². The van der Waals surface area contributed by atoms with Crippen molar-refractivity contribution in [2.75, 3.05) is 0 Å². The highest BCUT2D eigenvalue weighted by Gasteiger charge is 2.17. The van der Waals surface area contributed by atoms with Gasteiger partial charge in [-0.05, 0) is 13.3 Å². The average molecular weight is 241 g/mol. The molecule has 86 valence electrons. The van der Waals surface area contributed by atoms with Gasteiger partial charge in [-0.2, -0.15) is 10.1 Å². The fourth-order valence-electron chi connectivity index (χ4n) is 1.46. The predicted octanol–water partition coefficient (Wildman–Crippen LogP) is 2.47. The Morgan fingerprint density at radius 3 is 2.88 bits per heavy atom. The van der Waals surface area contributed by atoms with E-state index in [4.69, 9.17) is 16.1 Å². The molecule has 0 amide bonds. The minimum Gasteiger partial charge on any atom is -0.334 e. The molecule has 0 N–H and O–H groups in total. The van der Waals surface area contributed by atoms with E-state index in [9.17, 15) is 0 Å². The molecule has 2 rings (SSSR count). The summed E-state index contributed by atoms with van der Waals surface area (Å²) in [4.78, 5) is 4.26. The molecular formula is C10H13ClN4O. The predicted molar refractivity (Wildman–Crippen MR) is 60.1 cm³/mol. The molecule has 0 aliphatic rings. The van der Waals surface area contributed by atoms with Gasteiger partial charge in [0.25, 0.3) is 5.89 Å². The van der Waals surface area contributed by atoms with Crippen LogP contribution in [0.3, 0.4) is 0 Å². The highest BCUT2D eigenvalue weighted by Crippen LogP contribution is 2.25. The van der Waals surface area contributed by atoms with Crippen molar-refractivity contribution in [3.63, 3.8) is 0 Å². The van der Waals surface area contributed by atoms with Crippen molar-refractivity contribution in [2.24, 2.45) is 7.05 Å². The minimum absolute atomic E-state index is 0.200. The van der Waals surface area contributed by atoms with Gasteiger partial charge >= 0.3 is 0 Å². The summed E-state index contributed by atoms with van der Waals surface area (Å²) in [6.45, 7) is 3.88. The molecule has 0 saturated heterocycles. The lowest BCUT2D eigenvalue weighted by Crippen LogP contribution is -1.90. The van der Waals surface area contributed by atoms with Crippen molar-refractivity contribution in [1.29, 1.82) is 0 Å². The topological polar surface area (TPSA) is 56.7 Å². The summed E-state index contributed by atoms with van der Waals surface area (Å²) >= 11 is 6.03. The molecule has 0 aliphatic heterocycles. The maximum atomic E-state index is 6.03. The lowest BCUT2D eigenvalue weighted by molar-refractivity contribution is 0.421. The van der Waals surface area contributed by atoms with Crippen molar-refractivity contribution in [2.45, 2.75) is 25.6 Å². The van der Waals surface area contributed by atoms with Gasteiger partial charge in [-0.1, -0.05) is 12.1 Å². The minimum atomic E-state index is -0.200. The first-order chi connectivity index (χ1) is 7.61. The van der Waals surface area contributed by atoms with Crippen LogP contribution in [0.1, 0.15) is 30.2 Å². The highest BCUT2D eigenvalue weighted by molar-refractivity contribution is 6.20. The molecule has 0 saturated carbocycles. The summed E-state index contributed by atoms with van der Waals surface area (Å²) < 4.78 is 6.88. The summed E-state index contributed by atoms with van der Waals surface area (Å²) in [5.41, 5.74) is 1.71. The second-order valence-corrected chi connectivity index (χ2v) is 4.16. The van der Waals surface area contributed by atoms with E-state index in [2.05, 4.69) is 15.2 Å². The van der Waals surface area contributed by atoms with Crippen LogP contribution < -0.4 is 0 Å². The molecule has 1 unspecified atom stereocenters. The van der Waals surface area contributed by atoms with E-state index in [0.29, 0.717) is 11.7 Å². The summed E-state index contributed by atoms with van der Waals surface area (Å²) in [6, 6.07) is 0. The van der Waals surface area contributed by atoms with E-state index in [1.54, 1.807) is 4.68 Å². The number of nitrogens with zero attached hydrogens (tertiary/aromatic N) is 4. The Balaban J connectivity index is 2.35. The summed E-state index contributed by atoms with van der Waals surface area (Å²) in [5, 5.41) is 7.88. The second kappa shape index (κ2) is 4.25. The Labute approximate surface area is 98.4 Å². The van der Waals surface area contributed by atoms with Gasteiger partial charge in [-0.3, -0.25) is 4.68 Å². The summed E-state index contributed by atoms with van der Waals surface area (Å²) in [6.07, 6.45) is 2.62. The van der Waals surface area contributed by atoms with E-state index >= 15 is 0 Å². The Kier molecular flexibility index (Phi) is 2.96. The summed E-state index contributed by atoms with van der Waals surface area (Å²) in [5.74, 6) is 1.00. The largest absolute Gasteiger partial charge is 0.334 e. The van der Waals surface area contributed by atoms with Gasteiger partial charge in [0.05, 0.1) is 16.6 Å². The first-order valence-corrected chi connectivity index (χ1v) is 5.53. The Morgan fingerprint density at radius 1 is 1.56 bits per heavy atom. The first-order valence-electron chi connectivity index (χ1n) is 5.10. The van der Waals surface area contributed by atoms with Gasteiger partial charge in [0.15, 0.2) is 5.82 Å². The van der Waals surface area contributed by atoms with Gasteiger partial charge < -0.3 is 4.52 Å². The number of aromatic nitrogens is 4. The first kappa shape index (κ1) is 11.1. The van der Waals surface area contributed by atoms with Crippen molar-refractivity contribution >= 4 is 11.6 Å². The number of hydrogen-bond acceptors (Lipinski definition) is 4. The third kappa shape index (κ3) is 1.95. The van der Waals surface area contributed by atoms with Crippen LogP contribution in [0.25, 0.3) is 11.5 Å². The molecule has 16 heavy (non-hydrogen) atoms. The van der Waals surface area contributed by atoms with Crippen molar-refractivity contribution in [1.82, 2.24) is 19.9 Å². The molecule has 0 bridgehead atoms. The smallest absolute Gasteiger partial charge is 0.261 e. The fourth-order valence-corrected chi connectivity index (χ4v) is 1.55. The maximum Gasteiger partial charge on any atom is 0.261 e. The van der Waals surface area contributed by atoms with E-state index in [1.807, 2.05) is 27.1 Å². The molecule has 0 aliphatic carbocycles. The SMILES string of the molecule is CCC(Cl)c1noc(-c2cn(C)nc2C)n1. The number of hydrogen-bond donors (Lipinski definition) is 0. The van der Waals surface area contributed by atoms with E-state index in [-0.39, 0.29) is 5.38 Å².